The first kappa shape index (κ1) is 17.3. The molecule has 0 aliphatic carbocycles. The van der Waals surface area contributed by atoms with E-state index in [1.165, 1.54) is 6.07 Å². The van der Waals surface area contributed by atoms with E-state index in [1.807, 2.05) is 27.7 Å². The van der Waals surface area contributed by atoms with Crippen LogP contribution in [0.4, 0.5) is 4.39 Å². The summed E-state index contributed by atoms with van der Waals surface area (Å²) in [5.74, 6) is 0.106. The lowest BCUT2D eigenvalue weighted by Gasteiger charge is -2.12. The van der Waals surface area contributed by atoms with Crippen molar-refractivity contribution in [3.8, 4) is 11.5 Å². The molecule has 27 heavy (non-hydrogen) atoms. The fourth-order valence-corrected chi connectivity index (χ4v) is 3.27. The zero-order chi connectivity index (χ0) is 18.8. The molecule has 0 spiro atoms. The number of hydrogen-bond donors (Lipinski definition) is 0. The average molecular weight is 364 g/mol. The Morgan fingerprint density at radius 2 is 2.00 bits per heavy atom. The molecule has 0 amide bonds. The van der Waals surface area contributed by atoms with Crippen molar-refractivity contribution in [2.75, 3.05) is 0 Å². The number of hydrogen-bond acceptors (Lipinski definition) is 4. The van der Waals surface area contributed by atoms with Crippen LogP contribution in [0.1, 0.15) is 37.2 Å². The van der Waals surface area contributed by atoms with Crippen molar-refractivity contribution >= 4 is 5.65 Å². The molecule has 0 radical (unpaired) electrons. The van der Waals surface area contributed by atoms with Crippen molar-refractivity contribution in [2.24, 2.45) is 0 Å². The van der Waals surface area contributed by atoms with Crippen LogP contribution in [-0.4, -0.2) is 28.9 Å². The standard InChI is InChI=1S/C20H21FN6/c1-3-6-15-17(23-13-27-11-14(4-2)24-19(15)27)12-26-10-9-22-20(26)16-7-5-8-18(21)25-16/h5,7-11,13H,3-4,6,12H2,1-2H3. The number of rotatable bonds is 6. The minimum absolute atomic E-state index is 0.507. The van der Waals surface area contributed by atoms with Crippen LogP contribution < -0.4 is 0 Å². The molecule has 4 rings (SSSR count). The Bertz CT molecular complexity index is 1080. The Labute approximate surface area is 156 Å². The lowest BCUT2D eigenvalue weighted by molar-refractivity contribution is 0.584. The van der Waals surface area contributed by atoms with E-state index in [2.05, 4.69) is 28.8 Å². The van der Waals surface area contributed by atoms with Crippen LogP contribution in [0, 0.1) is 5.95 Å². The topological polar surface area (TPSA) is 60.9 Å². The van der Waals surface area contributed by atoms with Crippen molar-refractivity contribution in [1.29, 1.82) is 0 Å². The van der Waals surface area contributed by atoms with Gasteiger partial charge in [0.05, 0.1) is 17.9 Å². The van der Waals surface area contributed by atoms with Gasteiger partial charge in [0, 0.05) is 24.2 Å². The summed E-state index contributed by atoms with van der Waals surface area (Å²) in [5, 5.41) is 0. The number of halogens is 1. The van der Waals surface area contributed by atoms with Crippen LogP contribution in [0.3, 0.4) is 0 Å². The third-order valence-electron chi connectivity index (χ3n) is 4.58. The predicted octanol–water partition coefficient (Wildman–Crippen LogP) is 3.69. The number of fused-ring (bicyclic) bond motifs is 1. The monoisotopic (exact) mass is 364 g/mol. The summed E-state index contributed by atoms with van der Waals surface area (Å²) in [6, 6.07) is 4.73. The van der Waals surface area contributed by atoms with E-state index in [4.69, 9.17) is 4.98 Å². The summed E-state index contributed by atoms with van der Waals surface area (Å²) in [5.41, 5.74) is 4.62. The highest BCUT2D eigenvalue weighted by Crippen LogP contribution is 2.21. The normalized spacial score (nSPS) is 11.4. The highest BCUT2D eigenvalue weighted by atomic mass is 19.1. The van der Waals surface area contributed by atoms with Gasteiger partial charge in [-0.1, -0.05) is 26.3 Å². The number of imidazole rings is 2. The number of nitrogens with zero attached hydrogens (tertiary/aromatic N) is 6. The highest BCUT2D eigenvalue weighted by Gasteiger charge is 2.15. The van der Waals surface area contributed by atoms with Crippen molar-refractivity contribution in [3.63, 3.8) is 0 Å². The van der Waals surface area contributed by atoms with Gasteiger partial charge in [-0.3, -0.25) is 4.40 Å². The molecule has 0 aromatic carbocycles. The van der Waals surface area contributed by atoms with E-state index < -0.39 is 5.95 Å². The van der Waals surface area contributed by atoms with Crippen molar-refractivity contribution in [2.45, 2.75) is 39.7 Å². The second-order valence-corrected chi connectivity index (χ2v) is 6.46. The van der Waals surface area contributed by atoms with Crippen LogP contribution in [0.5, 0.6) is 0 Å². The largest absolute Gasteiger partial charge is 0.324 e. The van der Waals surface area contributed by atoms with Crippen LogP contribution in [0.2, 0.25) is 0 Å². The summed E-state index contributed by atoms with van der Waals surface area (Å²) in [4.78, 5) is 17.8. The first-order chi connectivity index (χ1) is 13.2. The molecule has 0 aliphatic heterocycles. The molecule has 7 heteroatoms. The lowest BCUT2D eigenvalue weighted by atomic mass is 10.1. The molecule has 6 nitrogen and oxygen atoms in total. The fourth-order valence-electron chi connectivity index (χ4n) is 3.27. The zero-order valence-electron chi connectivity index (χ0n) is 15.4. The Morgan fingerprint density at radius 3 is 2.78 bits per heavy atom. The first-order valence-electron chi connectivity index (χ1n) is 9.18. The second kappa shape index (κ2) is 7.26. The van der Waals surface area contributed by atoms with Gasteiger partial charge in [0.25, 0.3) is 0 Å². The van der Waals surface area contributed by atoms with Gasteiger partial charge in [0.15, 0.2) is 5.82 Å². The molecular weight excluding hydrogens is 343 g/mol. The van der Waals surface area contributed by atoms with Crippen molar-refractivity contribution in [1.82, 2.24) is 28.9 Å². The Morgan fingerprint density at radius 1 is 1.11 bits per heavy atom. The van der Waals surface area contributed by atoms with E-state index in [0.717, 1.165) is 41.9 Å². The van der Waals surface area contributed by atoms with Crippen molar-refractivity contribution in [3.05, 3.63) is 66.0 Å². The molecule has 138 valence electrons. The number of aryl methyl sites for hydroxylation is 2. The summed E-state index contributed by atoms with van der Waals surface area (Å²) < 4.78 is 17.5. The van der Waals surface area contributed by atoms with Crippen LogP contribution in [0.15, 0.2) is 43.1 Å². The Hall–Kier alpha value is -3.09. The van der Waals surface area contributed by atoms with E-state index >= 15 is 0 Å². The van der Waals surface area contributed by atoms with Crippen molar-refractivity contribution < 1.29 is 4.39 Å². The molecular formula is C20H21FN6. The highest BCUT2D eigenvalue weighted by molar-refractivity contribution is 5.52. The molecule has 0 aliphatic rings. The predicted molar refractivity (Wildman–Crippen MR) is 101 cm³/mol. The smallest absolute Gasteiger partial charge is 0.213 e. The van der Waals surface area contributed by atoms with Gasteiger partial charge in [-0.15, -0.1) is 0 Å². The quantitative estimate of drug-likeness (QED) is 0.490. The number of aromatic nitrogens is 6. The summed E-state index contributed by atoms with van der Waals surface area (Å²) in [6.45, 7) is 4.78. The van der Waals surface area contributed by atoms with Crippen LogP contribution >= 0.6 is 0 Å². The molecule has 0 atom stereocenters. The molecule has 4 aromatic rings. The van der Waals surface area contributed by atoms with Gasteiger partial charge in [-0.25, -0.2) is 19.9 Å². The second-order valence-electron chi connectivity index (χ2n) is 6.46. The summed E-state index contributed by atoms with van der Waals surface area (Å²) in [6.07, 6.45) is 10.2. The molecule has 4 heterocycles. The molecule has 0 bridgehead atoms. The average Bonchev–Trinajstić information content (AvgIpc) is 3.30. The van der Waals surface area contributed by atoms with Gasteiger partial charge in [-0.05, 0) is 25.0 Å². The third-order valence-corrected chi connectivity index (χ3v) is 4.58. The van der Waals surface area contributed by atoms with E-state index in [-0.39, 0.29) is 0 Å². The van der Waals surface area contributed by atoms with E-state index in [0.29, 0.717) is 18.1 Å². The molecule has 4 aromatic heterocycles. The minimum atomic E-state index is -0.516. The maximum absolute atomic E-state index is 13.5. The van der Waals surface area contributed by atoms with Gasteiger partial charge in [-0.2, -0.15) is 4.39 Å². The van der Waals surface area contributed by atoms with E-state index in [9.17, 15) is 4.39 Å². The molecule has 0 saturated heterocycles. The Balaban J connectivity index is 1.76. The third kappa shape index (κ3) is 3.32. The van der Waals surface area contributed by atoms with Crippen LogP contribution in [-0.2, 0) is 19.4 Å². The molecule has 0 unspecified atom stereocenters. The zero-order valence-corrected chi connectivity index (χ0v) is 15.4. The van der Waals surface area contributed by atoms with Gasteiger partial charge < -0.3 is 4.57 Å². The molecule has 0 fully saturated rings. The maximum atomic E-state index is 13.5. The van der Waals surface area contributed by atoms with E-state index in [1.54, 1.807) is 18.3 Å². The Kier molecular flexibility index (Phi) is 4.66. The van der Waals surface area contributed by atoms with Gasteiger partial charge in [0.1, 0.15) is 17.7 Å². The minimum Gasteiger partial charge on any atom is -0.324 e. The van der Waals surface area contributed by atoms with Gasteiger partial charge >= 0.3 is 0 Å². The first-order valence-corrected chi connectivity index (χ1v) is 9.18. The van der Waals surface area contributed by atoms with Crippen LogP contribution in [0.25, 0.3) is 17.2 Å². The lowest BCUT2D eigenvalue weighted by Crippen LogP contribution is -2.09. The fraction of sp³-hybridized carbons (Fsp3) is 0.300. The summed E-state index contributed by atoms with van der Waals surface area (Å²) in [7, 11) is 0. The maximum Gasteiger partial charge on any atom is 0.213 e. The number of pyridine rings is 1. The van der Waals surface area contributed by atoms with Gasteiger partial charge in [0.2, 0.25) is 5.95 Å². The SMILES string of the molecule is CCCc1c(Cn2ccnc2-c2cccc(F)n2)ncn2cc(CC)nc12. The molecule has 0 saturated carbocycles. The molecule has 0 N–H and O–H groups in total. The summed E-state index contributed by atoms with van der Waals surface area (Å²) >= 11 is 0.